The van der Waals surface area contributed by atoms with Crippen LogP contribution in [0.2, 0.25) is 0 Å². The molecule has 2 fully saturated rings. The summed E-state index contributed by atoms with van der Waals surface area (Å²) in [5, 5.41) is 2.81. The fourth-order valence-corrected chi connectivity index (χ4v) is 4.45. The van der Waals surface area contributed by atoms with Gasteiger partial charge in [-0.3, -0.25) is 0 Å². The van der Waals surface area contributed by atoms with Crippen LogP contribution in [0.4, 0.5) is 29.3 Å². The molecule has 4 rings (SSSR count). The number of morpholine rings is 1. The Morgan fingerprint density at radius 3 is 2.50 bits per heavy atom. The number of halogens is 3. The summed E-state index contributed by atoms with van der Waals surface area (Å²) in [5.41, 5.74) is 1.15. The lowest BCUT2D eigenvalue weighted by atomic mass is 9.96. The third-order valence-corrected chi connectivity index (χ3v) is 6.12. The summed E-state index contributed by atoms with van der Waals surface area (Å²) in [6.07, 6.45) is -0.958. The van der Waals surface area contributed by atoms with Crippen molar-refractivity contribution >= 4 is 17.4 Å². The first-order chi connectivity index (χ1) is 15.4. The van der Waals surface area contributed by atoms with E-state index >= 15 is 0 Å². The molecule has 1 atom stereocenters. The second-order valence-corrected chi connectivity index (χ2v) is 8.29. The van der Waals surface area contributed by atoms with Crippen molar-refractivity contribution in [3.63, 3.8) is 0 Å². The Morgan fingerprint density at radius 2 is 1.78 bits per heavy atom. The van der Waals surface area contributed by atoms with Crippen LogP contribution in [0, 0.1) is 0 Å². The van der Waals surface area contributed by atoms with Gasteiger partial charge in [0.25, 0.3) is 0 Å². The van der Waals surface area contributed by atoms with Crippen LogP contribution in [-0.4, -0.2) is 49.8 Å². The Kier molecular flexibility index (Phi) is 6.89. The summed E-state index contributed by atoms with van der Waals surface area (Å²) >= 11 is 0. The van der Waals surface area contributed by atoms with Crippen molar-refractivity contribution in [3.05, 3.63) is 59.7 Å². The number of hydrogen-bond acceptors (Lipinski definition) is 3. The van der Waals surface area contributed by atoms with E-state index in [1.165, 1.54) is 6.07 Å². The molecule has 2 saturated heterocycles. The van der Waals surface area contributed by atoms with Gasteiger partial charge in [0.15, 0.2) is 0 Å². The first-order valence-electron chi connectivity index (χ1n) is 11.1. The normalized spacial score (nSPS) is 19.7. The number of hydrogen-bond donors (Lipinski definition) is 1. The van der Waals surface area contributed by atoms with Crippen molar-refractivity contribution in [2.45, 2.75) is 37.9 Å². The van der Waals surface area contributed by atoms with Crippen LogP contribution in [0.15, 0.2) is 48.5 Å². The van der Waals surface area contributed by atoms with Gasteiger partial charge in [0.2, 0.25) is 0 Å². The molecule has 2 aromatic carbocycles. The summed E-state index contributed by atoms with van der Waals surface area (Å²) < 4.78 is 45.5. The van der Waals surface area contributed by atoms with Crippen molar-refractivity contribution in [1.29, 1.82) is 0 Å². The minimum Gasteiger partial charge on any atom is -0.378 e. The van der Waals surface area contributed by atoms with Gasteiger partial charge in [0, 0.05) is 25.7 Å². The third-order valence-electron chi connectivity index (χ3n) is 6.12. The molecule has 0 spiro atoms. The second kappa shape index (κ2) is 9.81. The maximum absolute atomic E-state index is 13.4. The van der Waals surface area contributed by atoms with Crippen LogP contribution in [0.5, 0.6) is 0 Å². The molecule has 0 bridgehead atoms. The molecule has 1 unspecified atom stereocenters. The van der Waals surface area contributed by atoms with E-state index in [9.17, 15) is 18.0 Å². The maximum Gasteiger partial charge on any atom is 0.416 e. The van der Waals surface area contributed by atoms with Gasteiger partial charge in [0.05, 0.1) is 30.2 Å². The molecule has 2 aliphatic heterocycles. The number of anilines is 2. The standard InChI is InChI=1S/C24H28F3N3O2/c25-24(26,27)19-9-10-22(29-12-14-32-15-13-29)21(17-19)28-23(31)30-11-5-4-8-20(30)16-18-6-2-1-3-7-18/h1-3,6-7,9-10,17,20H,4-5,8,11-16H2,(H,28,31). The van der Waals surface area contributed by atoms with E-state index in [1.54, 1.807) is 4.90 Å². The lowest BCUT2D eigenvalue weighted by Gasteiger charge is -2.37. The highest BCUT2D eigenvalue weighted by Crippen LogP contribution is 2.36. The number of piperidine rings is 1. The van der Waals surface area contributed by atoms with Gasteiger partial charge in [-0.2, -0.15) is 13.2 Å². The van der Waals surface area contributed by atoms with E-state index < -0.39 is 11.7 Å². The zero-order valence-corrected chi connectivity index (χ0v) is 17.9. The molecule has 0 aromatic heterocycles. The van der Waals surface area contributed by atoms with Gasteiger partial charge in [-0.25, -0.2) is 4.79 Å². The minimum absolute atomic E-state index is 0.0174. The topological polar surface area (TPSA) is 44.8 Å². The number of nitrogens with one attached hydrogen (secondary N) is 1. The number of amides is 2. The van der Waals surface area contributed by atoms with Crippen LogP contribution in [0.3, 0.4) is 0 Å². The highest BCUT2D eigenvalue weighted by molar-refractivity contribution is 5.93. The zero-order chi connectivity index (χ0) is 22.6. The predicted molar refractivity (Wildman–Crippen MR) is 118 cm³/mol. The van der Waals surface area contributed by atoms with Gasteiger partial charge < -0.3 is 19.9 Å². The van der Waals surface area contributed by atoms with E-state index in [0.717, 1.165) is 43.4 Å². The maximum atomic E-state index is 13.4. The predicted octanol–water partition coefficient (Wildman–Crippen LogP) is 5.17. The number of carbonyl (C=O) groups excluding carboxylic acids is 1. The van der Waals surface area contributed by atoms with Crippen molar-refractivity contribution in [1.82, 2.24) is 4.90 Å². The monoisotopic (exact) mass is 447 g/mol. The van der Waals surface area contributed by atoms with Crippen molar-refractivity contribution in [2.24, 2.45) is 0 Å². The summed E-state index contributed by atoms with van der Waals surface area (Å²) in [6, 6.07) is 13.2. The van der Waals surface area contributed by atoms with Crippen LogP contribution >= 0.6 is 0 Å². The number of carbonyl (C=O) groups is 1. The van der Waals surface area contributed by atoms with Crippen molar-refractivity contribution in [3.8, 4) is 0 Å². The van der Waals surface area contributed by atoms with E-state index in [4.69, 9.17) is 4.74 Å². The number of ether oxygens (including phenoxy) is 1. The second-order valence-electron chi connectivity index (χ2n) is 8.29. The van der Waals surface area contributed by atoms with Crippen molar-refractivity contribution < 1.29 is 22.7 Å². The molecular weight excluding hydrogens is 419 g/mol. The van der Waals surface area contributed by atoms with E-state index in [1.807, 2.05) is 35.2 Å². The number of benzene rings is 2. The van der Waals surface area contributed by atoms with Crippen LogP contribution in [-0.2, 0) is 17.3 Å². The fraction of sp³-hybridized carbons (Fsp3) is 0.458. The fourth-order valence-electron chi connectivity index (χ4n) is 4.45. The summed E-state index contributed by atoms with van der Waals surface area (Å²) in [4.78, 5) is 17.0. The quantitative estimate of drug-likeness (QED) is 0.703. The summed E-state index contributed by atoms with van der Waals surface area (Å²) in [6.45, 7) is 2.72. The number of alkyl halides is 3. The first kappa shape index (κ1) is 22.5. The van der Waals surface area contributed by atoms with Crippen LogP contribution in [0.25, 0.3) is 0 Å². The van der Waals surface area contributed by atoms with Gasteiger partial charge in [0.1, 0.15) is 0 Å². The Bertz CT molecular complexity index is 914. The average Bonchev–Trinajstić information content (AvgIpc) is 2.80. The van der Waals surface area contributed by atoms with Gasteiger partial charge >= 0.3 is 12.2 Å². The number of likely N-dealkylation sites (tertiary alicyclic amines) is 1. The molecule has 2 amide bonds. The van der Waals surface area contributed by atoms with E-state index in [-0.39, 0.29) is 17.8 Å². The van der Waals surface area contributed by atoms with Crippen molar-refractivity contribution in [2.75, 3.05) is 43.1 Å². The molecule has 0 radical (unpaired) electrons. The Morgan fingerprint density at radius 1 is 1.03 bits per heavy atom. The lowest BCUT2D eigenvalue weighted by Crippen LogP contribution is -2.47. The van der Waals surface area contributed by atoms with Gasteiger partial charge in [-0.15, -0.1) is 0 Å². The zero-order valence-electron chi connectivity index (χ0n) is 17.9. The van der Waals surface area contributed by atoms with Gasteiger partial charge in [-0.05, 0) is 49.4 Å². The SMILES string of the molecule is O=C(Nc1cc(C(F)(F)F)ccc1N1CCOCC1)N1CCCCC1Cc1ccccc1. The third kappa shape index (κ3) is 5.35. The highest BCUT2D eigenvalue weighted by atomic mass is 19.4. The first-order valence-corrected chi connectivity index (χ1v) is 11.1. The smallest absolute Gasteiger partial charge is 0.378 e. The molecule has 2 aliphatic rings. The summed E-state index contributed by atoms with van der Waals surface area (Å²) in [5.74, 6) is 0. The Balaban J connectivity index is 1.57. The average molecular weight is 448 g/mol. The molecule has 172 valence electrons. The molecule has 8 heteroatoms. The molecule has 2 heterocycles. The van der Waals surface area contributed by atoms with Crippen LogP contribution < -0.4 is 10.2 Å². The van der Waals surface area contributed by atoms with Crippen LogP contribution in [0.1, 0.15) is 30.4 Å². The Hall–Kier alpha value is -2.74. The molecule has 0 saturated carbocycles. The minimum atomic E-state index is -4.48. The van der Waals surface area contributed by atoms with E-state index in [0.29, 0.717) is 38.5 Å². The highest BCUT2D eigenvalue weighted by Gasteiger charge is 2.33. The molecule has 0 aliphatic carbocycles. The largest absolute Gasteiger partial charge is 0.416 e. The number of nitrogens with zero attached hydrogens (tertiary/aromatic N) is 2. The van der Waals surface area contributed by atoms with E-state index in [2.05, 4.69) is 5.32 Å². The number of urea groups is 1. The molecule has 2 aromatic rings. The lowest BCUT2D eigenvalue weighted by molar-refractivity contribution is -0.137. The Labute approximate surface area is 186 Å². The molecule has 32 heavy (non-hydrogen) atoms. The summed E-state index contributed by atoms with van der Waals surface area (Å²) in [7, 11) is 0. The molecule has 1 N–H and O–H groups in total. The molecule has 5 nitrogen and oxygen atoms in total. The number of rotatable bonds is 4. The molecular formula is C24H28F3N3O2. The van der Waals surface area contributed by atoms with Gasteiger partial charge in [-0.1, -0.05) is 30.3 Å².